The van der Waals surface area contributed by atoms with Gasteiger partial charge in [0.05, 0.1) is 7.11 Å². The zero-order valence-electron chi connectivity index (χ0n) is 13.1. The van der Waals surface area contributed by atoms with Gasteiger partial charge in [-0.15, -0.1) is 0 Å². The van der Waals surface area contributed by atoms with Crippen LogP contribution in [-0.4, -0.2) is 26.1 Å². The molecule has 0 aromatic heterocycles. The Bertz CT molecular complexity index is 849. The van der Waals surface area contributed by atoms with Crippen LogP contribution in [0, 0.1) is 11.3 Å². The van der Waals surface area contributed by atoms with Crippen LogP contribution in [-0.2, 0) is 0 Å². The number of nitriles is 1. The number of carbonyl (C=O) groups excluding carboxylic acids is 1. The van der Waals surface area contributed by atoms with Gasteiger partial charge in [0.1, 0.15) is 30.6 Å². The van der Waals surface area contributed by atoms with E-state index in [2.05, 4.69) is 0 Å². The molecule has 120 valence electrons. The molecule has 0 N–H and O–H groups in total. The molecular formula is C19H15NO4. The molecule has 1 heterocycles. The third-order valence-corrected chi connectivity index (χ3v) is 3.57. The van der Waals surface area contributed by atoms with E-state index in [1.165, 1.54) is 7.11 Å². The van der Waals surface area contributed by atoms with Crippen LogP contribution in [0.3, 0.4) is 0 Å². The van der Waals surface area contributed by atoms with E-state index in [0.717, 1.165) is 0 Å². The molecule has 0 bridgehead atoms. The van der Waals surface area contributed by atoms with Gasteiger partial charge in [-0.1, -0.05) is 18.2 Å². The topological polar surface area (TPSA) is 68.6 Å². The van der Waals surface area contributed by atoms with Crippen LogP contribution in [0.25, 0.3) is 6.08 Å². The van der Waals surface area contributed by atoms with Gasteiger partial charge in [-0.2, -0.15) is 5.26 Å². The number of hydrogen-bond acceptors (Lipinski definition) is 5. The highest BCUT2D eigenvalue weighted by molar-refractivity contribution is 6.14. The summed E-state index contributed by atoms with van der Waals surface area (Å²) in [5, 5.41) is 9.36. The van der Waals surface area contributed by atoms with E-state index in [9.17, 15) is 10.1 Å². The highest BCUT2D eigenvalue weighted by atomic mass is 16.6. The maximum Gasteiger partial charge on any atom is 0.203 e. The van der Waals surface area contributed by atoms with Gasteiger partial charge in [0.2, 0.25) is 5.78 Å². The zero-order chi connectivity index (χ0) is 16.9. The number of benzene rings is 2. The lowest BCUT2D eigenvalue weighted by molar-refractivity contribution is 0.103. The predicted octanol–water partition coefficient (Wildman–Crippen LogP) is 3.26. The third-order valence-electron chi connectivity index (χ3n) is 3.57. The minimum absolute atomic E-state index is 0.0416. The quantitative estimate of drug-likeness (QED) is 0.491. The van der Waals surface area contributed by atoms with Crippen molar-refractivity contribution in [3.05, 3.63) is 59.2 Å². The molecular weight excluding hydrogens is 306 g/mol. The molecule has 0 atom stereocenters. The lowest BCUT2D eigenvalue weighted by Crippen LogP contribution is -2.15. The number of nitrogens with zero attached hydrogens (tertiary/aromatic N) is 1. The number of fused-ring (bicyclic) bond motifs is 1. The number of ether oxygens (including phenoxy) is 3. The second-order valence-electron chi connectivity index (χ2n) is 5.13. The van der Waals surface area contributed by atoms with E-state index in [0.29, 0.717) is 41.6 Å². The van der Waals surface area contributed by atoms with Crippen molar-refractivity contribution in [2.75, 3.05) is 20.3 Å². The predicted molar refractivity (Wildman–Crippen MR) is 88.3 cm³/mol. The molecule has 5 heteroatoms. The maximum atomic E-state index is 12.5. The van der Waals surface area contributed by atoms with Crippen LogP contribution >= 0.6 is 0 Å². The summed E-state index contributed by atoms with van der Waals surface area (Å²) >= 11 is 0. The maximum absolute atomic E-state index is 12.5. The molecule has 0 spiro atoms. The van der Waals surface area contributed by atoms with Gasteiger partial charge in [0, 0.05) is 5.56 Å². The van der Waals surface area contributed by atoms with Crippen molar-refractivity contribution in [2.45, 2.75) is 0 Å². The molecule has 24 heavy (non-hydrogen) atoms. The van der Waals surface area contributed by atoms with Crippen molar-refractivity contribution in [1.29, 1.82) is 5.26 Å². The normalized spacial score (nSPS) is 13.1. The second kappa shape index (κ2) is 6.88. The first kappa shape index (κ1) is 15.6. The van der Waals surface area contributed by atoms with Crippen LogP contribution in [0.4, 0.5) is 0 Å². The molecule has 0 amide bonds. The molecule has 0 aliphatic carbocycles. The number of carbonyl (C=O) groups is 1. The summed E-state index contributed by atoms with van der Waals surface area (Å²) < 4.78 is 16.1. The van der Waals surface area contributed by atoms with E-state index in [1.807, 2.05) is 6.07 Å². The van der Waals surface area contributed by atoms with Gasteiger partial charge >= 0.3 is 0 Å². The smallest absolute Gasteiger partial charge is 0.203 e. The second-order valence-corrected chi connectivity index (χ2v) is 5.13. The number of methoxy groups -OCH3 is 1. The average Bonchev–Trinajstić information content (AvgIpc) is 2.65. The summed E-state index contributed by atoms with van der Waals surface area (Å²) in [5.74, 6) is 1.49. The largest absolute Gasteiger partial charge is 0.497 e. The van der Waals surface area contributed by atoms with E-state index >= 15 is 0 Å². The summed E-state index contributed by atoms with van der Waals surface area (Å²) in [6.07, 6.45) is 1.54. The van der Waals surface area contributed by atoms with Crippen molar-refractivity contribution in [3.63, 3.8) is 0 Å². The summed E-state index contributed by atoms with van der Waals surface area (Å²) in [5.41, 5.74) is 1.15. The Morgan fingerprint density at radius 3 is 2.71 bits per heavy atom. The van der Waals surface area contributed by atoms with E-state index in [-0.39, 0.29) is 11.4 Å². The molecule has 2 aromatic rings. The highest BCUT2D eigenvalue weighted by Crippen LogP contribution is 2.31. The number of ketones is 1. The molecule has 3 rings (SSSR count). The van der Waals surface area contributed by atoms with Gasteiger partial charge in [-0.3, -0.25) is 4.79 Å². The standard InChI is InChI=1S/C19H15NO4/c1-22-16-4-2-3-14(11-16)19(21)15(12-20)9-13-5-6-17-18(10-13)24-8-7-23-17/h2-6,9-11H,7-8H2,1H3/b15-9+. The Morgan fingerprint density at radius 1 is 1.17 bits per heavy atom. The van der Waals surface area contributed by atoms with Crippen LogP contribution in [0.2, 0.25) is 0 Å². The van der Waals surface area contributed by atoms with E-state index in [4.69, 9.17) is 14.2 Å². The minimum atomic E-state index is -0.355. The fourth-order valence-corrected chi connectivity index (χ4v) is 2.38. The fourth-order valence-electron chi connectivity index (χ4n) is 2.38. The highest BCUT2D eigenvalue weighted by Gasteiger charge is 2.15. The Morgan fingerprint density at radius 2 is 1.96 bits per heavy atom. The Kier molecular flexibility index (Phi) is 4.48. The Labute approximate surface area is 139 Å². The summed E-state index contributed by atoms with van der Waals surface area (Å²) in [4.78, 5) is 12.5. The summed E-state index contributed by atoms with van der Waals surface area (Å²) in [6, 6.07) is 14.0. The molecule has 5 nitrogen and oxygen atoms in total. The summed E-state index contributed by atoms with van der Waals surface area (Å²) in [7, 11) is 1.53. The number of rotatable bonds is 4. The number of Topliss-reactive ketones (excluding diaryl/α,β-unsaturated/α-hetero) is 1. The lowest BCUT2D eigenvalue weighted by atomic mass is 10.0. The van der Waals surface area contributed by atoms with E-state index in [1.54, 1.807) is 48.5 Å². The van der Waals surface area contributed by atoms with Crippen LogP contribution in [0.15, 0.2) is 48.0 Å². The Hall–Kier alpha value is -3.26. The first-order chi connectivity index (χ1) is 11.7. The van der Waals surface area contributed by atoms with Crippen LogP contribution in [0.5, 0.6) is 17.2 Å². The molecule has 0 saturated heterocycles. The molecule has 1 aliphatic rings. The van der Waals surface area contributed by atoms with Crippen molar-refractivity contribution in [1.82, 2.24) is 0 Å². The minimum Gasteiger partial charge on any atom is -0.497 e. The first-order valence-corrected chi connectivity index (χ1v) is 7.41. The molecule has 0 saturated carbocycles. The fraction of sp³-hybridized carbons (Fsp3) is 0.158. The van der Waals surface area contributed by atoms with Gasteiger partial charge in [0.15, 0.2) is 11.5 Å². The van der Waals surface area contributed by atoms with Gasteiger partial charge in [-0.05, 0) is 35.9 Å². The van der Waals surface area contributed by atoms with Crippen LogP contribution < -0.4 is 14.2 Å². The van der Waals surface area contributed by atoms with Crippen molar-refractivity contribution in [3.8, 4) is 23.3 Å². The molecule has 2 aromatic carbocycles. The lowest BCUT2D eigenvalue weighted by Gasteiger charge is -2.18. The Balaban J connectivity index is 1.91. The molecule has 0 unspecified atom stereocenters. The zero-order valence-corrected chi connectivity index (χ0v) is 13.1. The van der Waals surface area contributed by atoms with Gasteiger partial charge < -0.3 is 14.2 Å². The van der Waals surface area contributed by atoms with Crippen molar-refractivity contribution < 1.29 is 19.0 Å². The molecule has 0 radical (unpaired) electrons. The average molecular weight is 321 g/mol. The van der Waals surface area contributed by atoms with Crippen LogP contribution in [0.1, 0.15) is 15.9 Å². The van der Waals surface area contributed by atoms with E-state index < -0.39 is 0 Å². The van der Waals surface area contributed by atoms with Gasteiger partial charge in [-0.25, -0.2) is 0 Å². The van der Waals surface area contributed by atoms with Gasteiger partial charge in [0.25, 0.3) is 0 Å². The number of hydrogen-bond donors (Lipinski definition) is 0. The monoisotopic (exact) mass is 321 g/mol. The van der Waals surface area contributed by atoms with Crippen molar-refractivity contribution >= 4 is 11.9 Å². The first-order valence-electron chi connectivity index (χ1n) is 7.41. The molecule has 0 fully saturated rings. The third kappa shape index (κ3) is 3.23. The number of allylic oxidation sites excluding steroid dienone is 1. The van der Waals surface area contributed by atoms with Crippen molar-refractivity contribution in [2.24, 2.45) is 0 Å². The SMILES string of the molecule is COc1cccc(C(=O)/C(C#N)=C/c2ccc3c(c2)OCCO3)c1. The summed E-state index contributed by atoms with van der Waals surface area (Å²) in [6.45, 7) is 0.994. The molecule has 1 aliphatic heterocycles.